The van der Waals surface area contributed by atoms with Gasteiger partial charge in [-0.25, -0.2) is 5.43 Å². The lowest BCUT2D eigenvalue weighted by atomic mass is 10.1. The van der Waals surface area contributed by atoms with Gasteiger partial charge in [0.1, 0.15) is 0 Å². The first-order valence-corrected chi connectivity index (χ1v) is 9.60. The second-order valence-electron chi connectivity index (χ2n) is 6.93. The molecule has 0 bridgehead atoms. The smallest absolute Gasteiger partial charge is 0.322 e. The van der Waals surface area contributed by atoms with Crippen LogP contribution < -0.4 is 16.1 Å². The van der Waals surface area contributed by atoms with Crippen LogP contribution in [0.1, 0.15) is 27.0 Å². The van der Waals surface area contributed by atoms with E-state index in [1.54, 1.807) is 36.4 Å². The first kappa shape index (κ1) is 21.4. The number of nitrogens with zero attached hydrogens (tertiary/aromatic N) is 1. The third kappa shape index (κ3) is 6.11. The van der Waals surface area contributed by atoms with Crippen LogP contribution in [-0.4, -0.2) is 23.9 Å². The van der Waals surface area contributed by atoms with Gasteiger partial charge in [-0.05, 0) is 43.7 Å². The number of aryl methyl sites for hydroxylation is 2. The first-order valence-electron chi connectivity index (χ1n) is 9.60. The molecule has 0 fully saturated rings. The second-order valence-corrected chi connectivity index (χ2v) is 6.93. The van der Waals surface area contributed by atoms with Crippen LogP contribution in [-0.2, 0) is 9.59 Å². The Morgan fingerprint density at radius 2 is 1.35 bits per heavy atom. The molecule has 3 aromatic carbocycles. The van der Waals surface area contributed by atoms with Gasteiger partial charge in [0.25, 0.3) is 5.91 Å². The average Bonchev–Trinajstić information content (AvgIpc) is 2.77. The lowest BCUT2D eigenvalue weighted by Crippen LogP contribution is -2.33. The molecule has 0 aliphatic heterocycles. The number of hydrazone groups is 1. The molecular weight excluding hydrogens is 392 g/mol. The molecule has 3 aromatic rings. The van der Waals surface area contributed by atoms with Crippen molar-refractivity contribution in [2.24, 2.45) is 5.10 Å². The van der Waals surface area contributed by atoms with Crippen molar-refractivity contribution in [2.45, 2.75) is 13.8 Å². The van der Waals surface area contributed by atoms with Crippen LogP contribution in [0.2, 0.25) is 0 Å². The highest BCUT2D eigenvalue weighted by Crippen LogP contribution is 2.18. The Morgan fingerprint density at radius 3 is 2.03 bits per heavy atom. The highest BCUT2D eigenvalue weighted by atomic mass is 16.2. The first-order chi connectivity index (χ1) is 14.9. The molecule has 0 radical (unpaired) electrons. The van der Waals surface area contributed by atoms with Crippen LogP contribution >= 0.6 is 0 Å². The van der Waals surface area contributed by atoms with E-state index in [2.05, 4.69) is 21.2 Å². The van der Waals surface area contributed by atoms with Crippen molar-refractivity contribution < 1.29 is 14.4 Å². The van der Waals surface area contributed by atoms with Crippen molar-refractivity contribution in [1.82, 2.24) is 5.43 Å². The molecule has 156 valence electrons. The van der Waals surface area contributed by atoms with Gasteiger partial charge in [-0.2, -0.15) is 5.10 Å². The predicted molar refractivity (Wildman–Crippen MR) is 121 cm³/mol. The van der Waals surface area contributed by atoms with E-state index in [1.165, 1.54) is 6.21 Å². The van der Waals surface area contributed by atoms with E-state index in [0.717, 1.165) is 16.7 Å². The Kier molecular flexibility index (Phi) is 6.90. The molecule has 0 spiro atoms. The molecule has 7 heteroatoms. The monoisotopic (exact) mass is 414 g/mol. The van der Waals surface area contributed by atoms with Gasteiger partial charge in [0.05, 0.1) is 17.5 Å². The molecular formula is C24H22N4O3. The SMILES string of the molecule is Cc1ccc(C=NNC(=O)C(=O)Nc2ccccc2C(=O)Nc2ccc(C)cc2)cc1. The Balaban J connectivity index is 1.63. The molecule has 0 aliphatic rings. The standard InChI is InChI=1S/C24H22N4O3/c1-16-7-11-18(12-8-16)15-25-28-24(31)23(30)27-21-6-4-3-5-20(21)22(29)26-19-13-9-17(2)10-14-19/h3-15H,1-2H3,(H,26,29)(H,27,30)(H,28,31). The van der Waals surface area contributed by atoms with Crippen LogP contribution in [0, 0.1) is 13.8 Å². The molecule has 0 saturated heterocycles. The zero-order chi connectivity index (χ0) is 22.2. The topological polar surface area (TPSA) is 99.7 Å². The maximum Gasteiger partial charge on any atom is 0.329 e. The van der Waals surface area contributed by atoms with Crippen LogP contribution in [0.15, 0.2) is 77.9 Å². The van der Waals surface area contributed by atoms with E-state index < -0.39 is 17.7 Å². The summed E-state index contributed by atoms with van der Waals surface area (Å²) < 4.78 is 0. The van der Waals surface area contributed by atoms with Crippen molar-refractivity contribution in [2.75, 3.05) is 10.6 Å². The van der Waals surface area contributed by atoms with Crippen molar-refractivity contribution in [3.63, 3.8) is 0 Å². The zero-order valence-corrected chi connectivity index (χ0v) is 17.2. The zero-order valence-electron chi connectivity index (χ0n) is 17.2. The van der Waals surface area contributed by atoms with Gasteiger partial charge in [-0.1, -0.05) is 59.7 Å². The number of carbonyl (C=O) groups excluding carboxylic acids is 3. The van der Waals surface area contributed by atoms with E-state index in [1.807, 2.05) is 50.2 Å². The summed E-state index contributed by atoms with van der Waals surface area (Å²) in [6.07, 6.45) is 1.44. The van der Waals surface area contributed by atoms with Gasteiger partial charge < -0.3 is 10.6 Å². The van der Waals surface area contributed by atoms with E-state index in [9.17, 15) is 14.4 Å². The number of carbonyl (C=O) groups is 3. The van der Waals surface area contributed by atoms with Crippen molar-refractivity contribution in [3.8, 4) is 0 Å². The molecule has 0 heterocycles. The number of hydrogen-bond acceptors (Lipinski definition) is 4. The molecule has 31 heavy (non-hydrogen) atoms. The van der Waals surface area contributed by atoms with Crippen LogP contribution in [0.25, 0.3) is 0 Å². The summed E-state index contributed by atoms with van der Waals surface area (Å²) >= 11 is 0. The fourth-order valence-corrected chi connectivity index (χ4v) is 2.67. The number of para-hydroxylation sites is 1. The summed E-state index contributed by atoms with van der Waals surface area (Å²) in [5, 5.41) is 9.02. The number of benzene rings is 3. The normalized spacial score (nSPS) is 10.5. The third-order valence-corrected chi connectivity index (χ3v) is 4.39. The minimum absolute atomic E-state index is 0.217. The van der Waals surface area contributed by atoms with Crippen molar-refractivity contribution in [1.29, 1.82) is 0 Å². The van der Waals surface area contributed by atoms with Crippen molar-refractivity contribution >= 4 is 35.3 Å². The van der Waals surface area contributed by atoms with E-state index in [0.29, 0.717) is 5.69 Å². The van der Waals surface area contributed by atoms with E-state index in [4.69, 9.17) is 0 Å². The maximum absolute atomic E-state index is 12.6. The van der Waals surface area contributed by atoms with Gasteiger partial charge in [-0.15, -0.1) is 0 Å². The lowest BCUT2D eigenvalue weighted by Gasteiger charge is -2.11. The van der Waals surface area contributed by atoms with Crippen LogP contribution in [0.5, 0.6) is 0 Å². The van der Waals surface area contributed by atoms with E-state index >= 15 is 0 Å². The van der Waals surface area contributed by atoms with Gasteiger partial charge in [0.15, 0.2) is 0 Å². The largest absolute Gasteiger partial charge is 0.329 e. The molecule has 0 saturated carbocycles. The fourth-order valence-electron chi connectivity index (χ4n) is 2.67. The van der Waals surface area contributed by atoms with Crippen LogP contribution in [0.3, 0.4) is 0 Å². The molecule has 3 rings (SSSR count). The minimum Gasteiger partial charge on any atom is -0.322 e. The highest BCUT2D eigenvalue weighted by molar-refractivity contribution is 6.40. The molecule has 7 nitrogen and oxygen atoms in total. The molecule has 0 aromatic heterocycles. The number of amides is 3. The van der Waals surface area contributed by atoms with Gasteiger partial charge in [-0.3, -0.25) is 14.4 Å². The molecule has 0 atom stereocenters. The van der Waals surface area contributed by atoms with Crippen LogP contribution in [0.4, 0.5) is 11.4 Å². The summed E-state index contributed by atoms with van der Waals surface area (Å²) in [6, 6.07) is 21.3. The number of hydrogen-bond donors (Lipinski definition) is 3. The average molecular weight is 414 g/mol. The van der Waals surface area contributed by atoms with Gasteiger partial charge in [0.2, 0.25) is 0 Å². The second kappa shape index (κ2) is 9.98. The quantitative estimate of drug-likeness (QED) is 0.338. The number of nitrogens with one attached hydrogen (secondary N) is 3. The number of rotatable bonds is 5. The maximum atomic E-state index is 12.6. The molecule has 3 amide bonds. The minimum atomic E-state index is -0.947. The summed E-state index contributed by atoms with van der Waals surface area (Å²) in [7, 11) is 0. The Bertz CT molecular complexity index is 1120. The predicted octanol–water partition coefficient (Wildman–Crippen LogP) is 3.64. The Hall–Kier alpha value is -4.26. The lowest BCUT2D eigenvalue weighted by molar-refractivity contribution is -0.136. The highest BCUT2D eigenvalue weighted by Gasteiger charge is 2.17. The Labute approximate surface area is 180 Å². The van der Waals surface area contributed by atoms with Gasteiger partial charge >= 0.3 is 11.8 Å². The van der Waals surface area contributed by atoms with Gasteiger partial charge in [0, 0.05) is 5.69 Å². The van der Waals surface area contributed by atoms with E-state index in [-0.39, 0.29) is 11.3 Å². The summed E-state index contributed by atoms with van der Waals surface area (Å²) in [6.45, 7) is 3.91. The molecule has 0 unspecified atom stereocenters. The third-order valence-electron chi connectivity index (χ3n) is 4.39. The Morgan fingerprint density at radius 1 is 0.742 bits per heavy atom. The fraction of sp³-hybridized carbons (Fsp3) is 0.0833. The summed E-state index contributed by atoms with van der Waals surface area (Å²) in [5.74, 6) is -2.29. The molecule has 3 N–H and O–H groups in total. The summed E-state index contributed by atoms with van der Waals surface area (Å²) in [5.41, 5.74) is 6.20. The number of anilines is 2. The van der Waals surface area contributed by atoms with Crippen molar-refractivity contribution in [3.05, 3.63) is 95.1 Å². The molecule has 0 aliphatic carbocycles. The summed E-state index contributed by atoms with van der Waals surface area (Å²) in [4.78, 5) is 36.9.